The predicted octanol–water partition coefficient (Wildman–Crippen LogP) is 2.47. The number of hydrogen-bond acceptors (Lipinski definition) is 4. The molecule has 6 nitrogen and oxygen atoms in total. The number of rotatable bonds is 7. The van der Waals surface area contributed by atoms with E-state index in [4.69, 9.17) is 4.74 Å². The zero-order valence-electron chi connectivity index (χ0n) is 14.5. The van der Waals surface area contributed by atoms with Crippen LogP contribution in [0.4, 0.5) is 11.4 Å². The molecule has 0 bridgehead atoms. The normalized spacial score (nSPS) is 17.5. The zero-order chi connectivity index (χ0) is 17.4. The Morgan fingerprint density at radius 3 is 2.54 bits per heavy atom. The average Bonchev–Trinajstić information content (AvgIpc) is 2.55. The van der Waals surface area contributed by atoms with Crippen LogP contribution in [-0.2, 0) is 14.3 Å². The van der Waals surface area contributed by atoms with Crippen LogP contribution in [0, 0.1) is 0 Å². The Bertz CT molecular complexity index is 556. The molecular weight excluding hydrogens is 306 g/mol. The van der Waals surface area contributed by atoms with Crippen LogP contribution in [0.2, 0.25) is 0 Å². The van der Waals surface area contributed by atoms with Crippen molar-refractivity contribution in [3.63, 3.8) is 0 Å². The summed E-state index contributed by atoms with van der Waals surface area (Å²) < 4.78 is 5.71. The maximum Gasteiger partial charge on any atom is 0.238 e. The van der Waals surface area contributed by atoms with Crippen molar-refractivity contribution in [3.05, 3.63) is 24.3 Å². The molecule has 1 aromatic carbocycles. The SMILES string of the molecule is CC(=O)Nc1ccccc1NC(=O)CN(C)CC[C@@H]1CCCCO1. The van der Waals surface area contributed by atoms with E-state index in [1.165, 1.54) is 13.3 Å². The Kier molecular flexibility index (Phi) is 7.21. The van der Waals surface area contributed by atoms with Gasteiger partial charge in [0.2, 0.25) is 11.8 Å². The lowest BCUT2D eigenvalue weighted by Gasteiger charge is -2.25. The van der Waals surface area contributed by atoms with Crippen molar-refractivity contribution >= 4 is 23.2 Å². The fraction of sp³-hybridized carbons (Fsp3) is 0.556. The number of para-hydroxylation sites is 2. The van der Waals surface area contributed by atoms with Gasteiger partial charge in [0.25, 0.3) is 0 Å². The summed E-state index contributed by atoms with van der Waals surface area (Å²) in [6.45, 7) is 3.43. The van der Waals surface area contributed by atoms with Gasteiger partial charge in [-0.2, -0.15) is 0 Å². The zero-order valence-corrected chi connectivity index (χ0v) is 14.5. The Hall–Kier alpha value is -1.92. The number of amides is 2. The number of likely N-dealkylation sites (N-methyl/N-ethyl adjacent to an activating group) is 1. The van der Waals surface area contributed by atoms with Crippen LogP contribution >= 0.6 is 0 Å². The fourth-order valence-electron chi connectivity index (χ4n) is 2.80. The molecule has 2 amide bonds. The average molecular weight is 333 g/mol. The van der Waals surface area contributed by atoms with Crippen LogP contribution in [0.15, 0.2) is 24.3 Å². The smallest absolute Gasteiger partial charge is 0.238 e. The van der Waals surface area contributed by atoms with Crippen molar-refractivity contribution in [1.82, 2.24) is 4.90 Å². The highest BCUT2D eigenvalue weighted by atomic mass is 16.5. The van der Waals surface area contributed by atoms with Crippen LogP contribution in [0.3, 0.4) is 0 Å². The van der Waals surface area contributed by atoms with Gasteiger partial charge in [0.15, 0.2) is 0 Å². The predicted molar refractivity (Wildman–Crippen MR) is 95.1 cm³/mol. The molecular formula is C18H27N3O3. The van der Waals surface area contributed by atoms with Crippen molar-refractivity contribution in [2.45, 2.75) is 38.7 Å². The molecule has 0 saturated carbocycles. The molecule has 1 fully saturated rings. The number of hydrogen-bond donors (Lipinski definition) is 2. The largest absolute Gasteiger partial charge is 0.378 e. The number of ether oxygens (including phenoxy) is 1. The molecule has 2 N–H and O–H groups in total. The van der Waals surface area contributed by atoms with E-state index in [-0.39, 0.29) is 11.8 Å². The van der Waals surface area contributed by atoms with Gasteiger partial charge in [0.1, 0.15) is 0 Å². The van der Waals surface area contributed by atoms with Gasteiger partial charge in [0.05, 0.1) is 24.0 Å². The summed E-state index contributed by atoms with van der Waals surface area (Å²) in [6, 6.07) is 7.18. The lowest BCUT2D eigenvalue weighted by atomic mass is 10.1. The molecule has 0 aliphatic carbocycles. The Balaban J connectivity index is 1.78. The molecule has 6 heteroatoms. The summed E-state index contributed by atoms with van der Waals surface area (Å²) >= 11 is 0. The highest BCUT2D eigenvalue weighted by Crippen LogP contribution is 2.21. The van der Waals surface area contributed by atoms with Gasteiger partial charge in [-0.05, 0) is 44.9 Å². The van der Waals surface area contributed by atoms with E-state index in [0.717, 1.165) is 32.4 Å². The number of anilines is 2. The summed E-state index contributed by atoms with van der Waals surface area (Å²) in [6.07, 6.45) is 4.78. The molecule has 0 unspecified atom stereocenters. The first-order valence-corrected chi connectivity index (χ1v) is 8.51. The molecule has 0 aromatic heterocycles. The van der Waals surface area contributed by atoms with E-state index in [0.29, 0.717) is 24.0 Å². The van der Waals surface area contributed by atoms with E-state index in [1.54, 1.807) is 12.1 Å². The maximum atomic E-state index is 12.2. The van der Waals surface area contributed by atoms with Crippen LogP contribution < -0.4 is 10.6 Å². The minimum atomic E-state index is -0.165. The summed E-state index contributed by atoms with van der Waals surface area (Å²) in [4.78, 5) is 25.4. The highest BCUT2D eigenvalue weighted by Gasteiger charge is 2.15. The summed E-state index contributed by atoms with van der Waals surface area (Å²) in [7, 11) is 1.93. The topological polar surface area (TPSA) is 70.7 Å². The van der Waals surface area contributed by atoms with E-state index in [9.17, 15) is 9.59 Å². The van der Waals surface area contributed by atoms with Crippen LogP contribution in [0.5, 0.6) is 0 Å². The third-order valence-corrected chi connectivity index (χ3v) is 4.03. The molecule has 1 atom stereocenters. The minimum Gasteiger partial charge on any atom is -0.378 e. The van der Waals surface area contributed by atoms with Crippen molar-refractivity contribution in [3.8, 4) is 0 Å². The molecule has 24 heavy (non-hydrogen) atoms. The van der Waals surface area contributed by atoms with Gasteiger partial charge in [-0.25, -0.2) is 0 Å². The van der Waals surface area contributed by atoms with Gasteiger partial charge >= 0.3 is 0 Å². The molecule has 1 heterocycles. The quantitative estimate of drug-likeness (QED) is 0.804. The van der Waals surface area contributed by atoms with Crippen molar-refractivity contribution in [2.75, 3.05) is 37.4 Å². The van der Waals surface area contributed by atoms with E-state index < -0.39 is 0 Å². The van der Waals surface area contributed by atoms with Crippen LogP contribution in [-0.4, -0.2) is 49.6 Å². The lowest BCUT2D eigenvalue weighted by molar-refractivity contribution is -0.117. The second kappa shape index (κ2) is 9.39. The summed E-state index contributed by atoms with van der Waals surface area (Å²) in [5, 5.41) is 5.57. The second-order valence-electron chi connectivity index (χ2n) is 6.29. The van der Waals surface area contributed by atoms with Gasteiger partial charge in [-0.3, -0.25) is 14.5 Å². The highest BCUT2D eigenvalue weighted by molar-refractivity contribution is 5.99. The monoisotopic (exact) mass is 333 g/mol. The number of nitrogens with zero attached hydrogens (tertiary/aromatic N) is 1. The van der Waals surface area contributed by atoms with Crippen molar-refractivity contribution in [1.29, 1.82) is 0 Å². The number of carbonyl (C=O) groups is 2. The third kappa shape index (κ3) is 6.29. The van der Waals surface area contributed by atoms with Gasteiger partial charge in [0, 0.05) is 20.1 Å². The molecule has 0 radical (unpaired) electrons. The fourth-order valence-corrected chi connectivity index (χ4v) is 2.80. The Morgan fingerprint density at radius 2 is 1.92 bits per heavy atom. The molecule has 2 rings (SSSR count). The number of carbonyl (C=O) groups excluding carboxylic acids is 2. The number of nitrogens with one attached hydrogen (secondary N) is 2. The standard InChI is InChI=1S/C18H27N3O3/c1-14(22)19-16-8-3-4-9-17(16)20-18(23)13-21(2)11-10-15-7-5-6-12-24-15/h3-4,8-9,15H,5-7,10-13H2,1-2H3,(H,19,22)(H,20,23)/t15-/m0/s1. The maximum absolute atomic E-state index is 12.2. The van der Waals surface area contributed by atoms with Crippen LogP contribution in [0.25, 0.3) is 0 Å². The first kappa shape index (κ1) is 18.4. The molecule has 1 saturated heterocycles. The molecule has 1 aliphatic rings. The first-order chi connectivity index (χ1) is 11.5. The van der Waals surface area contributed by atoms with Gasteiger partial charge in [-0.15, -0.1) is 0 Å². The Labute approximate surface area is 143 Å². The first-order valence-electron chi connectivity index (χ1n) is 8.51. The van der Waals surface area contributed by atoms with Crippen molar-refractivity contribution in [2.24, 2.45) is 0 Å². The summed E-state index contributed by atoms with van der Waals surface area (Å²) in [5.74, 6) is -0.263. The van der Waals surface area contributed by atoms with E-state index in [2.05, 4.69) is 10.6 Å². The van der Waals surface area contributed by atoms with E-state index >= 15 is 0 Å². The van der Waals surface area contributed by atoms with E-state index in [1.807, 2.05) is 24.1 Å². The van der Waals surface area contributed by atoms with Gasteiger partial charge in [-0.1, -0.05) is 12.1 Å². The van der Waals surface area contributed by atoms with Gasteiger partial charge < -0.3 is 15.4 Å². The lowest BCUT2D eigenvalue weighted by Crippen LogP contribution is -2.33. The molecule has 1 aliphatic heterocycles. The summed E-state index contributed by atoms with van der Waals surface area (Å²) in [5.41, 5.74) is 1.22. The third-order valence-electron chi connectivity index (χ3n) is 4.03. The number of benzene rings is 1. The molecule has 0 spiro atoms. The second-order valence-corrected chi connectivity index (χ2v) is 6.29. The minimum absolute atomic E-state index is 0.0973. The van der Waals surface area contributed by atoms with Crippen molar-refractivity contribution < 1.29 is 14.3 Å². The van der Waals surface area contributed by atoms with Crippen LogP contribution in [0.1, 0.15) is 32.6 Å². The molecule has 132 valence electrons. The molecule has 1 aromatic rings. The Morgan fingerprint density at radius 1 is 1.21 bits per heavy atom.